The van der Waals surface area contributed by atoms with E-state index in [-0.39, 0.29) is 17.9 Å². The van der Waals surface area contributed by atoms with Crippen LogP contribution in [0.15, 0.2) is 5.10 Å². The summed E-state index contributed by atoms with van der Waals surface area (Å²) in [6.07, 6.45) is 1.76. The molecule has 0 spiro atoms. The molecule has 2 rings (SSSR count). The molecule has 1 fully saturated rings. The van der Waals surface area contributed by atoms with E-state index in [1.54, 1.807) is 5.01 Å². The first-order valence-corrected chi connectivity index (χ1v) is 5.20. The van der Waals surface area contributed by atoms with Crippen LogP contribution in [-0.2, 0) is 9.53 Å². The summed E-state index contributed by atoms with van der Waals surface area (Å²) in [5.41, 5.74) is 0.949. The molecule has 0 radical (unpaired) electrons. The number of hydrazone groups is 1. The predicted molar refractivity (Wildman–Crippen MR) is 53.0 cm³/mol. The Bertz CT molecular complexity index is 269. The Morgan fingerprint density at radius 3 is 2.93 bits per heavy atom. The first-order chi connectivity index (χ1) is 6.74. The Morgan fingerprint density at radius 2 is 2.43 bits per heavy atom. The number of ether oxygens (including phenoxy) is 1. The second-order valence-electron chi connectivity index (χ2n) is 3.90. The molecule has 0 N–H and O–H groups in total. The van der Waals surface area contributed by atoms with Crippen LogP contribution in [0, 0.1) is 5.92 Å². The summed E-state index contributed by atoms with van der Waals surface area (Å²) in [5.74, 6) is 0.163. The molecule has 2 aliphatic heterocycles. The fraction of sp³-hybridized carbons (Fsp3) is 0.800. The van der Waals surface area contributed by atoms with Crippen LogP contribution in [0.3, 0.4) is 0 Å². The van der Waals surface area contributed by atoms with Gasteiger partial charge in [-0.3, -0.25) is 4.79 Å². The highest BCUT2D eigenvalue weighted by Crippen LogP contribution is 2.24. The van der Waals surface area contributed by atoms with Gasteiger partial charge in [-0.2, -0.15) is 5.10 Å². The molecule has 0 aromatic heterocycles. The molecule has 1 amide bonds. The van der Waals surface area contributed by atoms with Gasteiger partial charge in [0.25, 0.3) is 5.91 Å². The fourth-order valence-corrected chi connectivity index (χ4v) is 2.07. The Kier molecular flexibility index (Phi) is 2.54. The van der Waals surface area contributed by atoms with Crippen molar-refractivity contribution in [2.24, 2.45) is 11.0 Å². The Balaban J connectivity index is 2.11. The molecule has 4 nitrogen and oxygen atoms in total. The lowest BCUT2D eigenvalue weighted by atomic mass is 10.0. The van der Waals surface area contributed by atoms with Gasteiger partial charge in [0.05, 0.1) is 18.6 Å². The van der Waals surface area contributed by atoms with Gasteiger partial charge < -0.3 is 4.74 Å². The van der Waals surface area contributed by atoms with E-state index < -0.39 is 0 Å². The monoisotopic (exact) mass is 196 g/mol. The van der Waals surface area contributed by atoms with Gasteiger partial charge in [-0.1, -0.05) is 6.92 Å². The van der Waals surface area contributed by atoms with E-state index in [0.717, 1.165) is 25.2 Å². The number of carbonyl (C=O) groups is 1. The van der Waals surface area contributed by atoms with E-state index in [4.69, 9.17) is 4.74 Å². The largest absolute Gasteiger partial charge is 0.379 e. The maximum Gasteiger partial charge on any atom is 0.251 e. The lowest BCUT2D eigenvalue weighted by Gasteiger charge is -2.19. The lowest BCUT2D eigenvalue weighted by Crippen LogP contribution is -2.36. The molecule has 0 bridgehead atoms. The molecule has 2 aliphatic rings. The normalized spacial score (nSPS) is 32.6. The van der Waals surface area contributed by atoms with Crippen LogP contribution in [-0.4, -0.2) is 35.9 Å². The first kappa shape index (κ1) is 9.65. The van der Waals surface area contributed by atoms with Gasteiger partial charge in [0.1, 0.15) is 0 Å². The van der Waals surface area contributed by atoms with Crippen molar-refractivity contribution in [3.05, 3.63) is 0 Å². The smallest absolute Gasteiger partial charge is 0.251 e. The summed E-state index contributed by atoms with van der Waals surface area (Å²) in [6.45, 7) is 5.34. The Labute approximate surface area is 83.9 Å². The highest BCUT2D eigenvalue weighted by Gasteiger charge is 2.37. The van der Waals surface area contributed by atoms with Crippen molar-refractivity contribution < 1.29 is 9.53 Å². The average molecular weight is 196 g/mol. The second kappa shape index (κ2) is 3.69. The highest BCUT2D eigenvalue weighted by atomic mass is 16.5. The number of amides is 1. The zero-order chi connectivity index (χ0) is 10.1. The Hall–Kier alpha value is -0.900. The number of hydrogen-bond acceptors (Lipinski definition) is 3. The molecule has 0 aromatic carbocycles. The maximum absolute atomic E-state index is 11.9. The van der Waals surface area contributed by atoms with Crippen LogP contribution < -0.4 is 0 Å². The topological polar surface area (TPSA) is 41.9 Å². The zero-order valence-corrected chi connectivity index (χ0v) is 8.69. The molecule has 1 saturated heterocycles. The van der Waals surface area contributed by atoms with Gasteiger partial charge in [-0.25, -0.2) is 5.01 Å². The Morgan fingerprint density at radius 1 is 1.64 bits per heavy atom. The van der Waals surface area contributed by atoms with Crippen LogP contribution >= 0.6 is 0 Å². The molecule has 2 atom stereocenters. The predicted octanol–water partition coefficient (Wildman–Crippen LogP) is 1.02. The highest BCUT2D eigenvalue weighted by molar-refractivity contribution is 6.06. The SMILES string of the molecule is CCC1C(=O)N(C2CCOC2)N=C1C. The summed E-state index contributed by atoms with van der Waals surface area (Å²) >= 11 is 0. The van der Waals surface area contributed by atoms with E-state index in [2.05, 4.69) is 5.10 Å². The van der Waals surface area contributed by atoms with Crippen LogP contribution in [0.2, 0.25) is 0 Å². The summed E-state index contributed by atoms with van der Waals surface area (Å²) < 4.78 is 5.26. The third kappa shape index (κ3) is 1.43. The van der Waals surface area contributed by atoms with Crippen molar-refractivity contribution in [3.8, 4) is 0 Å². The minimum atomic E-state index is 0.00981. The van der Waals surface area contributed by atoms with Crippen LogP contribution in [0.4, 0.5) is 0 Å². The maximum atomic E-state index is 11.9. The first-order valence-electron chi connectivity index (χ1n) is 5.20. The van der Waals surface area contributed by atoms with Crippen molar-refractivity contribution in [3.63, 3.8) is 0 Å². The molecule has 0 aliphatic carbocycles. The molecular formula is C10H16N2O2. The third-order valence-electron chi connectivity index (χ3n) is 2.95. The zero-order valence-electron chi connectivity index (χ0n) is 8.69. The van der Waals surface area contributed by atoms with Gasteiger partial charge in [0.15, 0.2) is 0 Å². The summed E-state index contributed by atoms with van der Waals surface area (Å²) in [5, 5.41) is 5.96. The summed E-state index contributed by atoms with van der Waals surface area (Å²) in [4.78, 5) is 11.9. The van der Waals surface area contributed by atoms with E-state index >= 15 is 0 Å². The number of rotatable bonds is 2. The average Bonchev–Trinajstić information content (AvgIpc) is 2.74. The van der Waals surface area contributed by atoms with E-state index in [1.807, 2.05) is 13.8 Å². The fourth-order valence-electron chi connectivity index (χ4n) is 2.07. The molecule has 4 heteroatoms. The number of hydrogen-bond donors (Lipinski definition) is 0. The van der Waals surface area contributed by atoms with Gasteiger partial charge in [-0.05, 0) is 19.8 Å². The molecule has 0 saturated carbocycles. The van der Waals surface area contributed by atoms with Gasteiger partial charge in [-0.15, -0.1) is 0 Å². The minimum Gasteiger partial charge on any atom is -0.379 e. The second-order valence-corrected chi connectivity index (χ2v) is 3.90. The van der Waals surface area contributed by atoms with Crippen molar-refractivity contribution in [2.75, 3.05) is 13.2 Å². The van der Waals surface area contributed by atoms with Gasteiger partial charge >= 0.3 is 0 Å². The standard InChI is InChI=1S/C10H16N2O2/c1-3-9-7(2)11-12(10(9)13)8-4-5-14-6-8/h8-9H,3-6H2,1-2H3. The number of carbonyl (C=O) groups excluding carboxylic acids is 1. The molecular weight excluding hydrogens is 180 g/mol. The van der Waals surface area contributed by atoms with Crippen LogP contribution in [0.5, 0.6) is 0 Å². The summed E-state index contributed by atoms with van der Waals surface area (Å²) in [6, 6.07) is 0.175. The van der Waals surface area contributed by atoms with E-state index in [1.165, 1.54) is 0 Å². The molecule has 2 unspecified atom stereocenters. The van der Waals surface area contributed by atoms with Crippen molar-refractivity contribution >= 4 is 11.6 Å². The minimum absolute atomic E-state index is 0.00981. The van der Waals surface area contributed by atoms with Crippen molar-refractivity contribution in [1.82, 2.24) is 5.01 Å². The molecule has 0 aromatic rings. The molecule has 14 heavy (non-hydrogen) atoms. The molecule has 2 heterocycles. The van der Waals surface area contributed by atoms with E-state index in [0.29, 0.717) is 6.61 Å². The van der Waals surface area contributed by atoms with Crippen LogP contribution in [0.1, 0.15) is 26.7 Å². The van der Waals surface area contributed by atoms with Gasteiger partial charge in [0.2, 0.25) is 0 Å². The summed E-state index contributed by atoms with van der Waals surface area (Å²) in [7, 11) is 0. The number of nitrogens with zero attached hydrogens (tertiary/aromatic N) is 2. The quantitative estimate of drug-likeness (QED) is 0.661. The van der Waals surface area contributed by atoms with Crippen LogP contribution in [0.25, 0.3) is 0 Å². The molecule has 78 valence electrons. The van der Waals surface area contributed by atoms with E-state index in [9.17, 15) is 4.79 Å². The third-order valence-corrected chi connectivity index (χ3v) is 2.95. The van der Waals surface area contributed by atoms with Crippen molar-refractivity contribution in [2.45, 2.75) is 32.7 Å². The van der Waals surface area contributed by atoms with Gasteiger partial charge in [0, 0.05) is 12.3 Å². The lowest BCUT2D eigenvalue weighted by molar-refractivity contribution is -0.134. The van der Waals surface area contributed by atoms with Crippen molar-refractivity contribution in [1.29, 1.82) is 0 Å².